The number of amides is 2. The number of benzene rings is 1. The van der Waals surface area contributed by atoms with Crippen molar-refractivity contribution in [2.45, 2.75) is 13.3 Å². The molecule has 1 aromatic heterocycles. The van der Waals surface area contributed by atoms with Crippen LogP contribution in [0.5, 0.6) is 0 Å². The summed E-state index contributed by atoms with van der Waals surface area (Å²) in [5.74, 6) is 0.0763. The zero-order valence-electron chi connectivity index (χ0n) is 11.0. The SMILES string of the molecule is Cc1ccc(NC(=O)Nc2cc(C(F)F)n(C)n2)cc1. The molecule has 106 valence electrons. The Morgan fingerprint density at radius 1 is 1.25 bits per heavy atom. The maximum Gasteiger partial charge on any atom is 0.324 e. The average molecular weight is 280 g/mol. The van der Waals surface area contributed by atoms with Gasteiger partial charge in [-0.05, 0) is 19.1 Å². The first-order chi connectivity index (χ1) is 9.45. The quantitative estimate of drug-likeness (QED) is 0.906. The molecule has 0 radical (unpaired) electrons. The molecule has 20 heavy (non-hydrogen) atoms. The fourth-order valence-corrected chi connectivity index (χ4v) is 1.66. The first-order valence-corrected chi connectivity index (χ1v) is 5.92. The molecular formula is C13H14F2N4O. The molecule has 5 nitrogen and oxygen atoms in total. The molecule has 1 heterocycles. The molecule has 0 unspecified atom stereocenters. The minimum absolute atomic E-state index is 0.0763. The Balaban J connectivity index is 2.01. The van der Waals surface area contributed by atoms with Gasteiger partial charge in [0.05, 0.1) is 0 Å². The number of carbonyl (C=O) groups is 1. The van der Waals surface area contributed by atoms with Crippen LogP contribution in [0.15, 0.2) is 30.3 Å². The van der Waals surface area contributed by atoms with Crippen LogP contribution in [-0.4, -0.2) is 15.8 Å². The van der Waals surface area contributed by atoms with Crippen LogP contribution in [-0.2, 0) is 7.05 Å². The van der Waals surface area contributed by atoms with Gasteiger partial charge in [0.15, 0.2) is 5.82 Å². The van der Waals surface area contributed by atoms with Gasteiger partial charge in [-0.25, -0.2) is 13.6 Å². The third-order valence-corrected chi connectivity index (χ3v) is 2.69. The van der Waals surface area contributed by atoms with Crippen LogP contribution in [0.4, 0.5) is 25.1 Å². The van der Waals surface area contributed by atoms with E-state index in [1.807, 2.05) is 19.1 Å². The van der Waals surface area contributed by atoms with Crippen molar-refractivity contribution in [1.82, 2.24) is 9.78 Å². The molecular weight excluding hydrogens is 266 g/mol. The lowest BCUT2D eigenvalue weighted by Crippen LogP contribution is -2.19. The lowest BCUT2D eigenvalue weighted by molar-refractivity contribution is 0.141. The van der Waals surface area contributed by atoms with Crippen molar-refractivity contribution in [2.24, 2.45) is 7.05 Å². The summed E-state index contributed by atoms with van der Waals surface area (Å²) in [5.41, 5.74) is 1.43. The van der Waals surface area contributed by atoms with E-state index in [2.05, 4.69) is 15.7 Å². The standard InChI is InChI=1S/C13H14F2N4O/c1-8-3-5-9(6-4-8)16-13(20)17-11-7-10(12(14)15)19(2)18-11/h3-7,12H,1-2H3,(H2,16,17,18,20). The molecule has 2 rings (SSSR count). The third-order valence-electron chi connectivity index (χ3n) is 2.69. The predicted molar refractivity (Wildman–Crippen MR) is 72.0 cm³/mol. The predicted octanol–water partition coefficient (Wildman–Crippen LogP) is 3.31. The number of halogens is 2. The molecule has 0 bridgehead atoms. The average Bonchev–Trinajstić information content (AvgIpc) is 2.73. The Bertz CT molecular complexity index is 607. The van der Waals surface area contributed by atoms with Crippen LogP contribution in [0.25, 0.3) is 0 Å². The van der Waals surface area contributed by atoms with Crippen LogP contribution in [0, 0.1) is 6.92 Å². The van der Waals surface area contributed by atoms with Crippen molar-refractivity contribution >= 4 is 17.5 Å². The maximum absolute atomic E-state index is 12.6. The molecule has 0 aliphatic carbocycles. The number of carbonyl (C=O) groups excluding carboxylic acids is 1. The van der Waals surface area contributed by atoms with E-state index in [9.17, 15) is 13.6 Å². The molecule has 2 amide bonds. The van der Waals surface area contributed by atoms with Gasteiger partial charge in [0.1, 0.15) is 5.69 Å². The summed E-state index contributed by atoms with van der Waals surface area (Å²) < 4.78 is 26.2. The zero-order chi connectivity index (χ0) is 14.7. The maximum atomic E-state index is 12.6. The molecule has 0 spiro atoms. The second-order valence-corrected chi connectivity index (χ2v) is 4.32. The second kappa shape index (κ2) is 5.68. The van der Waals surface area contributed by atoms with Crippen molar-refractivity contribution in [3.63, 3.8) is 0 Å². The Kier molecular flexibility index (Phi) is 3.97. The Hall–Kier alpha value is -2.44. The molecule has 0 aliphatic rings. The van der Waals surface area contributed by atoms with Gasteiger partial charge >= 0.3 is 6.03 Å². The summed E-state index contributed by atoms with van der Waals surface area (Å²) in [4.78, 5) is 11.7. The van der Waals surface area contributed by atoms with Gasteiger partial charge in [-0.2, -0.15) is 5.10 Å². The van der Waals surface area contributed by atoms with Crippen LogP contribution >= 0.6 is 0 Å². The number of hydrogen-bond donors (Lipinski definition) is 2. The summed E-state index contributed by atoms with van der Waals surface area (Å²) in [6, 6.07) is 7.80. The number of nitrogens with one attached hydrogen (secondary N) is 2. The van der Waals surface area contributed by atoms with Gasteiger partial charge in [0.2, 0.25) is 0 Å². The monoisotopic (exact) mass is 280 g/mol. The molecule has 2 aromatic rings. The van der Waals surface area contributed by atoms with Crippen molar-refractivity contribution in [3.8, 4) is 0 Å². The number of nitrogens with zero attached hydrogens (tertiary/aromatic N) is 2. The van der Waals surface area contributed by atoms with Crippen LogP contribution in [0.1, 0.15) is 17.7 Å². The smallest absolute Gasteiger partial charge is 0.308 e. The Labute approximate surface area is 114 Å². The van der Waals surface area contributed by atoms with Crippen LogP contribution in [0.3, 0.4) is 0 Å². The lowest BCUT2D eigenvalue weighted by Gasteiger charge is -2.05. The molecule has 7 heteroatoms. The van der Waals surface area contributed by atoms with E-state index in [1.165, 1.54) is 7.05 Å². The molecule has 0 saturated heterocycles. The van der Waals surface area contributed by atoms with Crippen molar-refractivity contribution in [1.29, 1.82) is 0 Å². The Morgan fingerprint density at radius 2 is 1.90 bits per heavy atom. The highest BCUT2D eigenvalue weighted by molar-refractivity contribution is 5.99. The van der Waals surface area contributed by atoms with Gasteiger partial charge in [0, 0.05) is 18.8 Å². The topological polar surface area (TPSA) is 59.0 Å². The summed E-state index contributed by atoms with van der Waals surface area (Å²) in [6.07, 6.45) is -2.64. The minimum atomic E-state index is -2.64. The molecule has 0 saturated carbocycles. The number of rotatable bonds is 3. The third kappa shape index (κ3) is 3.31. The molecule has 2 N–H and O–H groups in total. The molecule has 1 aromatic carbocycles. The van der Waals surface area contributed by atoms with E-state index in [1.54, 1.807) is 12.1 Å². The minimum Gasteiger partial charge on any atom is -0.308 e. The van der Waals surface area contributed by atoms with E-state index < -0.39 is 12.5 Å². The van der Waals surface area contributed by atoms with Crippen molar-refractivity contribution in [3.05, 3.63) is 41.6 Å². The first-order valence-electron chi connectivity index (χ1n) is 5.92. The number of urea groups is 1. The molecule has 0 aliphatic heterocycles. The first kappa shape index (κ1) is 14.0. The molecule has 0 fully saturated rings. The van der Waals surface area contributed by atoms with E-state index >= 15 is 0 Å². The van der Waals surface area contributed by atoms with Crippen LogP contribution < -0.4 is 10.6 Å². The number of aromatic nitrogens is 2. The highest BCUT2D eigenvalue weighted by atomic mass is 19.3. The van der Waals surface area contributed by atoms with Gasteiger partial charge in [-0.1, -0.05) is 17.7 Å². The zero-order valence-corrected chi connectivity index (χ0v) is 11.0. The van der Waals surface area contributed by atoms with Gasteiger partial charge in [-0.15, -0.1) is 0 Å². The van der Waals surface area contributed by atoms with Gasteiger partial charge in [0.25, 0.3) is 6.43 Å². The van der Waals surface area contributed by atoms with E-state index in [0.717, 1.165) is 16.3 Å². The second-order valence-electron chi connectivity index (χ2n) is 4.32. The van der Waals surface area contributed by atoms with E-state index in [4.69, 9.17) is 0 Å². The number of hydrogen-bond acceptors (Lipinski definition) is 2. The van der Waals surface area contributed by atoms with Crippen LogP contribution in [0.2, 0.25) is 0 Å². The summed E-state index contributed by atoms with van der Waals surface area (Å²) in [6.45, 7) is 1.93. The summed E-state index contributed by atoms with van der Waals surface area (Å²) in [7, 11) is 1.39. The largest absolute Gasteiger partial charge is 0.324 e. The van der Waals surface area contributed by atoms with E-state index in [-0.39, 0.29) is 11.5 Å². The number of alkyl halides is 2. The van der Waals surface area contributed by atoms with Crippen molar-refractivity contribution in [2.75, 3.05) is 10.6 Å². The summed E-state index contributed by atoms with van der Waals surface area (Å²) >= 11 is 0. The number of aryl methyl sites for hydroxylation is 2. The number of anilines is 2. The van der Waals surface area contributed by atoms with Gasteiger partial charge in [-0.3, -0.25) is 10.00 Å². The fraction of sp³-hybridized carbons (Fsp3) is 0.231. The van der Waals surface area contributed by atoms with Crippen molar-refractivity contribution < 1.29 is 13.6 Å². The molecule has 0 atom stereocenters. The van der Waals surface area contributed by atoms with E-state index in [0.29, 0.717) is 5.69 Å². The highest BCUT2D eigenvalue weighted by Crippen LogP contribution is 2.21. The summed E-state index contributed by atoms with van der Waals surface area (Å²) in [5, 5.41) is 8.79. The van der Waals surface area contributed by atoms with Gasteiger partial charge < -0.3 is 5.32 Å². The lowest BCUT2D eigenvalue weighted by atomic mass is 10.2. The fourth-order valence-electron chi connectivity index (χ4n) is 1.66. The normalized spacial score (nSPS) is 10.7. The Morgan fingerprint density at radius 3 is 2.45 bits per heavy atom. The highest BCUT2D eigenvalue weighted by Gasteiger charge is 2.15.